The van der Waals surface area contributed by atoms with Crippen LogP contribution in [-0.2, 0) is 4.74 Å². The first-order valence-electron chi connectivity index (χ1n) is 7.83. The highest BCUT2D eigenvalue weighted by atomic mass is 32.1. The lowest BCUT2D eigenvalue weighted by molar-refractivity contribution is 0.0601. The molecule has 0 unspecified atom stereocenters. The number of esters is 1. The number of benzene rings is 1. The first-order chi connectivity index (χ1) is 10.6. The van der Waals surface area contributed by atoms with Crippen molar-refractivity contribution in [2.75, 3.05) is 12.4 Å². The standard InChI is InChI=1S/C17H22N2O2S/c1-10-3-5-13(16(20)21-2)9-14(10)18-17(22)19-15-8-11-4-6-12(15)7-11/h3,5,9,11-12,15H,4,6-8H2,1-2H3,(H2,18,19,22)/t11-,12-,15-/m0/s1. The topological polar surface area (TPSA) is 50.4 Å². The largest absolute Gasteiger partial charge is 0.465 e. The van der Waals surface area contributed by atoms with Gasteiger partial charge in [-0.05, 0) is 67.9 Å². The van der Waals surface area contributed by atoms with Crippen molar-refractivity contribution in [1.82, 2.24) is 5.32 Å². The molecule has 0 amide bonds. The van der Waals surface area contributed by atoms with E-state index in [4.69, 9.17) is 17.0 Å². The van der Waals surface area contributed by atoms with Crippen molar-refractivity contribution in [1.29, 1.82) is 0 Å². The van der Waals surface area contributed by atoms with Crippen LogP contribution < -0.4 is 10.6 Å². The van der Waals surface area contributed by atoms with Gasteiger partial charge >= 0.3 is 5.97 Å². The number of ether oxygens (including phenoxy) is 1. The zero-order valence-corrected chi connectivity index (χ0v) is 13.8. The third-order valence-electron chi connectivity index (χ3n) is 4.96. The Bertz CT molecular complexity index is 602. The highest BCUT2D eigenvalue weighted by Gasteiger charge is 2.39. The molecular weight excluding hydrogens is 296 g/mol. The molecule has 3 atom stereocenters. The number of carbonyl (C=O) groups is 1. The van der Waals surface area contributed by atoms with E-state index in [1.165, 1.54) is 32.8 Å². The summed E-state index contributed by atoms with van der Waals surface area (Å²) in [6.45, 7) is 1.99. The van der Waals surface area contributed by atoms with Gasteiger partial charge < -0.3 is 15.4 Å². The van der Waals surface area contributed by atoms with Crippen molar-refractivity contribution in [2.24, 2.45) is 11.8 Å². The normalized spacial score (nSPS) is 25.8. The molecule has 2 aliphatic carbocycles. The predicted octanol–water partition coefficient (Wildman–Crippen LogP) is 3.26. The Morgan fingerprint density at radius 1 is 1.32 bits per heavy atom. The molecular formula is C17H22N2O2S. The molecule has 0 radical (unpaired) electrons. The quantitative estimate of drug-likeness (QED) is 0.662. The van der Waals surface area contributed by atoms with Crippen molar-refractivity contribution in [3.8, 4) is 0 Å². The first kappa shape index (κ1) is 15.3. The fourth-order valence-corrected chi connectivity index (χ4v) is 4.01. The van der Waals surface area contributed by atoms with Gasteiger partial charge in [0.2, 0.25) is 0 Å². The maximum atomic E-state index is 11.6. The van der Waals surface area contributed by atoms with Crippen LogP contribution in [0.5, 0.6) is 0 Å². The van der Waals surface area contributed by atoms with Crippen molar-refractivity contribution in [2.45, 2.75) is 38.6 Å². The van der Waals surface area contributed by atoms with E-state index in [0.29, 0.717) is 16.7 Å². The lowest BCUT2D eigenvalue weighted by atomic mass is 9.95. The Morgan fingerprint density at radius 3 is 2.77 bits per heavy atom. The number of anilines is 1. The highest BCUT2D eigenvalue weighted by molar-refractivity contribution is 7.80. The molecule has 5 heteroatoms. The van der Waals surface area contributed by atoms with E-state index in [-0.39, 0.29) is 5.97 Å². The van der Waals surface area contributed by atoms with Gasteiger partial charge in [0.1, 0.15) is 0 Å². The minimum absolute atomic E-state index is 0.338. The highest BCUT2D eigenvalue weighted by Crippen LogP contribution is 2.44. The first-order valence-corrected chi connectivity index (χ1v) is 8.24. The number of methoxy groups -OCH3 is 1. The van der Waals surface area contributed by atoms with Crippen LogP contribution in [0, 0.1) is 18.8 Å². The number of thiocarbonyl (C=S) groups is 1. The van der Waals surface area contributed by atoms with Crippen molar-refractivity contribution in [3.05, 3.63) is 29.3 Å². The molecule has 1 aromatic carbocycles. The number of nitrogens with one attached hydrogen (secondary N) is 2. The molecule has 22 heavy (non-hydrogen) atoms. The van der Waals surface area contributed by atoms with E-state index >= 15 is 0 Å². The second-order valence-electron chi connectivity index (χ2n) is 6.40. The van der Waals surface area contributed by atoms with Crippen LogP contribution in [0.1, 0.15) is 41.6 Å². The molecule has 2 fully saturated rings. The van der Waals surface area contributed by atoms with Crippen LogP contribution in [0.25, 0.3) is 0 Å². The van der Waals surface area contributed by atoms with E-state index in [9.17, 15) is 4.79 Å². The van der Waals surface area contributed by atoms with Crippen molar-refractivity contribution in [3.63, 3.8) is 0 Å². The number of rotatable bonds is 3. The monoisotopic (exact) mass is 318 g/mol. The molecule has 0 heterocycles. The van der Waals surface area contributed by atoms with Crippen LogP contribution >= 0.6 is 12.2 Å². The lowest BCUT2D eigenvalue weighted by Crippen LogP contribution is -2.40. The SMILES string of the molecule is COC(=O)c1ccc(C)c(NC(=S)N[C@H]2C[C@H]3CC[C@H]2C3)c1. The van der Waals surface area contributed by atoms with E-state index in [1.54, 1.807) is 12.1 Å². The zero-order valence-electron chi connectivity index (χ0n) is 13.0. The zero-order chi connectivity index (χ0) is 15.7. The van der Waals surface area contributed by atoms with E-state index in [2.05, 4.69) is 10.6 Å². The Morgan fingerprint density at radius 2 is 2.14 bits per heavy atom. The fraction of sp³-hybridized carbons (Fsp3) is 0.529. The van der Waals surface area contributed by atoms with Gasteiger partial charge in [-0.15, -0.1) is 0 Å². The molecule has 2 N–H and O–H groups in total. The molecule has 118 valence electrons. The number of hydrogen-bond donors (Lipinski definition) is 2. The van der Waals surface area contributed by atoms with Crippen LogP contribution in [0.15, 0.2) is 18.2 Å². The van der Waals surface area contributed by atoms with Gasteiger partial charge in [-0.2, -0.15) is 0 Å². The summed E-state index contributed by atoms with van der Waals surface area (Å²) in [5.74, 6) is 1.32. The summed E-state index contributed by atoms with van der Waals surface area (Å²) >= 11 is 5.45. The summed E-state index contributed by atoms with van der Waals surface area (Å²) in [4.78, 5) is 11.6. The van der Waals surface area contributed by atoms with Crippen LogP contribution in [0.4, 0.5) is 5.69 Å². The predicted molar refractivity (Wildman–Crippen MR) is 91.1 cm³/mol. The maximum absolute atomic E-state index is 11.6. The van der Waals surface area contributed by atoms with Gasteiger partial charge in [-0.3, -0.25) is 0 Å². The Kier molecular flexibility index (Phi) is 4.34. The van der Waals surface area contributed by atoms with Crippen molar-refractivity contribution < 1.29 is 9.53 Å². The lowest BCUT2D eigenvalue weighted by Gasteiger charge is -2.25. The Labute approximate surface area is 136 Å². The van der Waals surface area contributed by atoms with Gasteiger partial charge in [0.15, 0.2) is 5.11 Å². The molecule has 0 aliphatic heterocycles. The summed E-state index contributed by atoms with van der Waals surface area (Å²) in [6, 6.07) is 5.95. The number of carbonyl (C=O) groups excluding carboxylic acids is 1. The van der Waals surface area contributed by atoms with Crippen molar-refractivity contribution >= 4 is 29.0 Å². The Hall–Kier alpha value is -1.62. The molecule has 2 bridgehead atoms. The molecule has 0 aromatic heterocycles. The summed E-state index contributed by atoms with van der Waals surface area (Å²) in [5, 5.41) is 7.32. The van der Waals surface area contributed by atoms with E-state index in [1.807, 2.05) is 13.0 Å². The number of fused-ring (bicyclic) bond motifs is 2. The van der Waals surface area contributed by atoms with Crippen LogP contribution in [-0.4, -0.2) is 24.2 Å². The second kappa shape index (κ2) is 6.24. The van der Waals surface area contributed by atoms with Gasteiger partial charge in [-0.1, -0.05) is 12.5 Å². The molecule has 2 saturated carbocycles. The second-order valence-corrected chi connectivity index (χ2v) is 6.81. The van der Waals surface area contributed by atoms with Gasteiger partial charge in [0, 0.05) is 11.7 Å². The third kappa shape index (κ3) is 3.09. The smallest absolute Gasteiger partial charge is 0.337 e. The van der Waals surface area contributed by atoms with Crippen LogP contribution in [0.2, 0.25) is 0 Å². The molecule has 3 rings (SSSR count). The maximum Gasteiger partial charge on any atom is 0.337 e. The van der Waals surface area contributed by atoms with Gasteiger partial charge in [-0.25, -0.2) is 4.79 Å². The molecule has 1 aromatic rings. The van der Waals surface area contributed by atoms with E-state index < -0.39 is 0 Å². The van der Waals surface area contributed by atoms with E-state index in [0.717, 1.165) is 23.1 Å². The molecule has 2 aliphatic rings. The van der Waals surface area contributed by atoms with Gasteiger partial charge in [0.05, 0.1) is 12.7 Å². The third-order valence-corrected chi connectivity index (χ3v) is 5.18. The summed E-state index contributed by atoms with van der Waals surface area (Å²) in [6.07, 6.45) is 5.27. The summed E-state index contributed by atoms with van der Waals surface area (Å²) in [7, 11) is 1.39. The minimum atomic E-state index is -0.338. The summed E-state index contributed by atoms with van der Waals surface area (Å²) < 4.78 is 4.76. The molecule has 0 spiro atoms. The molecule has 0 saturated heterocycles. The van der Waals surface area contributed by atoms with Gasteiger partial charge in [0.25, 0.3) is 0 Å². The summed E-state index contributed by atoms with van der Waals surface area (Å²) in [5.41, 5.74) is 2.42. The fourth-order valence-electron chi connectivity index (χ4n) is 3.75. The Balaban J connectivity index is 1.64. The van der Waals surface area contributed by atoms with Crippen LogP contribution in [0.3, 0.4) is 0 Å². The average Bonchev–Trinajstić information content (AvgIpc) is 3.11. The minimum Gasteiger partial charge on any atom is -0.465 e. The number of hydrogen-bond acceptors (Lipinski definition) is 3. The average molecular weight is 318 g/mol. The molecule has 4 nitrogen and oxygen atoms in total. The number of aryl methyl sites for hydroxylation is 1.